The summed E-state index contributed by atoms with van der Waals surface area (Å²) in [7, 11) is 1.96. The second-order valence-corrected chi connectivity index (χ2v) is 5.92. The fraction of sp³-hybridized carbons (Fsp3) is 0.118. The van der Waals surface area contributed by atoms with Crippen molar-refractivity contribution in [2.24, 2.45) is 7.05 Å². The molecule has 5 nitrogen and oxygen atoms in total. The number of hydrogen-bond acceptors (Lipinski definition) is 5. The van der Waals surface area contributed by atoms with Crippen molar-refractivity contribution in [2.75, 3.05) is 6.26 Å². The molecule has 0 aliphatic rings. The van der Waals surface area contributed by atoms with E-state index >= 15 is 0 Å². The molecule has 6 heteroatoms. The Morgan fingerprint density at radius 1 is 1.09 bits per heavy atom. The quantitative estimate of drug-likeness (QED) is 0.421. The van der Waals surface area contributed by atoms with Crippen molar-refractivity contribution in [3.63, 3.8) is 0 Å². The first-order chi connectivity index (χ1) is 11.3. The number of rotatable bonds is 3. The molecule has 3 heterocycles. The number of aromatic nitrogens is 4. The van der Waals surface area contributed by atoms with Gasteiger partial charge in [-0.15, -0.1) is 11.8 Å². The van der Waals surface area contributed by atoms with Crippen molar-refractivity contribution in [1.82, 2.24) is 19.5 Å². The molecule has 0 saturated carbocycles. The van der Waals surface area contributed by atoms with Crippen LogP contribution in [0.25, 0.3) is 33.8 Å². The van der Waals surface area contributed by atoms with Crippen LogP contribution in [-0.4, -0.2) is 25.8 Å². The van der Waals surface area contributed by atoms with Gasteiger partial charge in [-0.3, -0.25) is 0 Å². The number of thioether (sulfide) groups is 1. The van der Waals surface area contributed by atoms with Gasteiger partial charge in [0.2, 0.25) is 0 Å². The standard InChI is InChI=1S/C17H14N4OS/c1-21-10-20-14(11-6-4-3-5-7-11)15(21)13-8-12-16(22-13)17(23-2)19-9-18-12/h3-10H,1-2H3. The Hall–Kier alpha value is -2.60. The van der Waals surface area contributed by atoms with Crippen molar-refractivity contribution in [2.45, 2.75) is 5.03 Å². The zero-order chi connectivity index (χ0) is 15.8. The Morgan fingerprint density at radius 3 is 2.70 bits per heavy atom. The number of aryl methyl sites for hydroxylation is 1. The average Bonchev–Trinajstić information content (AvgIpc) is 3.18. The molecule has 0 spiro atoms. The van der Waals surface area contributed by atoms with Crippen LogP contribution in [0.1, 0.15) is 0 Å². The van der Waals surface area contributed by atoms with Crippen molar-refractivity contribution < 1.29 is 4.42 Å². The fourth-order valence-corrected chi connectivity index (χ4v) is 3.11. The second kappa shape index (κ2) is 5.55. The third-order valence-corrected chi connectivity index (χ3v) is 4.37. The molecule has 23 heavy (non-hydrogen) atoms. The summed E-state index contributed by atoms with van der Waals surface area (Å²) in [4.78, 5) is 13.1. The van der Waals surface area contributed by atoms with Crippen LogP contribution in [0.2, 0.25) is 0 Å². The van der Waals surface area contributed by atoms with Gasteiger partial charge in [-0.2, -0.15) is 0 Å². The van der Waals surface area contributed by atoms with E-state index in [1.165, 1.54) is 0 Å². The first-order valence-electron chi connectivity index (χ1n) is 7.13. The van der Waals surface area contributed by atoms with Crippen molar-refractivity contribution in [3.8, 4) is 22.7 Å². The summed E-state index contributed by atoms with van der Waals surface area (Å²) in [6.45, 7) is 0. The smallest absolute Gasteiger partial charge is 0.185 e. The summed E-state index contributed by atoms with van der Waals surface area (Å²) in [5, 5.41) is 0.838. The molecule has 114 valence electrons. The van der Waals surface area contributed by atoms with Crippen molar-refractivity contribution in [3.05, 3.63) is 49.1 Å². The molecule has 0 N–H and O–H groups in total. The van der Waals surface area contributed by atoms with E-state index in [4.69, 9.17) is 4.42 Å². The van der Waals surface area contributed by atoms with E-state index in [0.717, 1.165) is 38.8 Å². The Bertz CT molecular complexity index is 975. The van der Waals surface area contributed by atoms with Crippen LogP contribution in [0.5, 0.6) is 0 Å². The monoisotopic (exact) mass is 322 g/mol. The summed E-state index contributed by atoms with van der Waals surface area (Å²) >= 11 is 1.55. The molecule has 3 aromatic heterocycles. The number of furan rings is 1. The summed E-state index contributed by atoms with van der Waals surface area (Å²) in [6, 6.07) is 12.0. The maximum absolute atomic E-state index is 6.07. The molecule has 0 radical (unpaired) electrons. The highest BCUT2D eigenvalue weighted by molar-refractivity contribution is 7.98. The van der Waals surface area contributed by atoms with Crippen LogP contribution in [-0.2, 0) is 7.05 Å². The number of nitrogens with zero attached hydrogens (tertiary/aromatic N) is 4. The average molecular weight is 322 g/mol. The van der Waals surface area contributed by atoms with Crippen molar-refractivity contribution >= 4 is 22.9 Å². The van der Waals surface area contributed by atoms with E-state index in [2.05, 4.69) is 15.0 Å². The summed E-state index contributed by atoms with van der Waals surface area (Å²) < 4.78 is 8.04. The first-order valence-corrected chi connectivity index (χ1v) is 8.36. The van der Waals surface area contributed by atoms with E-state index < -0.39 is 0 Å². The van der Waals surface area contributed by atoms with Gasteiger partial charge >= 0.3 is 0 Å². The molecule has 0 fully saturated rings. The van der Waals surface area contributed by atoms with Gasteiger partial charge in [0, 0.05) is 18.7 Å². The van der Waals surface area contributed by atoms with Gasteiger partial charge in [-0.1, -0.05) is 30.3 Å². The number of hydrogen-bond donors (Lipinski definition) is 0. The van der Waals surface area contributed by atoms with Crippen LogP contribution in [0.3, 0.4) is 0 Å². The lowest BCUT2D eigenvalue weighted by Gasteiger charge is -2.03. The van der Waals surface area contributed by atoms with E-state index in [0.29, 0.717) is 0 Å². The van der Waals surface area contributed by atoms with Crippen molar-refractivity contribution in [1.29, 1.82) is 0 Å². The molecular formula is C17H14N4OS. The van der Waals surface area contributed by atoms with Crippen LogP contribution in [0.15, 0.2) is 58.5 Å². The Kier molecular flexibility index (Phi) is 3.38. The molecule has 0 bridgehead atoms. The lowest BCUT2D eigenvalue weighted by molar-refractivity contribution is 0.612. The van der Waals surface area contributed by atoms with E-state index in [-0.39, 0.29) is 0 Å². The molecule has 4 rings (SSSR count). The minimum Gasteiger partial charge on any atom is -0.450 e. The SMILES string of the molecule is CSc1ncnc2cc(-c3c(-c4ccccc4)ncn3C)oc12. The van der Waals surface area contributed by atoms with Gasteiger partial charge < -0.3 is 8.98 Å². The predicted molar refractivity (Wildman–Crippen MR) is 91.2 cm³/mol. The number of benzene rings is 1. The van der Waals surface area contributed by atoms with E-state index in [1.54, 1.807) is 24.4 Å². The van der Waals surface area contributed by atoms with Gasteiger partial charge in [-0.25, -0.2) is 15.0 Å². The highest BCUT2D eigenvalue weighted by atomic mass is 32.2. The summed E-state index contributed by atoms with van der Waals surface area (Å²) in [5.41, 5.74) is 4.40. The van der Waals surface area contributed by atoms with Crippen LogP contribution < -0.4 is 0 Å². The molecule has 0 aliphatic heterocycles. The molecule has 4 aromatic rings. The fourth-order valence-electron chi connectivity index (χ4n) is 2.62. The molecule has 0 atom stereocenters. The van der Waals surface area contributed by atoms with Gasteiger partial charge in [0.25, 0.3) is 0 Å². The minimum atomic E-state index is 0.718. The number of fused-ring (bicyclic) bond motifs is 1. The normalized spacial score (nSPS) is 11.2. The predicted octanol–water partition coefficient (Wildman–Crippen LogP) is 4.01. The minimum absolute atomic E-state index is 0.718. The molecule has 1 aromatic carbocycles. The molecule has 0 amide bonds. The van der Waals surface area contributed by atoms with Gasteiger partial charge in [0.1, 0.15) is 22.6 Å². The number of imidazole rings is 1. The van der Waals surface area contributed by atoms with Gasteiger partial charge in [-0.05, 0) is 6.26 Å². The lowest BCUT2D eigenvalue weighted by Crippen LogP contribution is -1.90. The highest BCUT2D eigenvalue weighted by Gasteiger charge is 2.19. The zero-order valence-corrected chi connectivity index (χ0v) is 13.5. The first kappa shape index (κ1) is 14.0. The molecule has 0 aliphatic carbocycles. The molecular weight excluding hydrogens is 308 g/mol. The lowest BCUT2D eigenvalue weighted by atomic mass is 10.1. The maximum Gasteiger partial charge on any atom is 0.185 e. The topological polar surface area (TPSA) is 56.7 Å². The van der Waals surface area contributed by atoms with Crippen LogP contribution in [0.4, 0.5) is 0 Å². The largest absolute Gasteiger partial charge is 0.450 e. The van der Waals surface area contributed by atoms with E-state index in [9.17, 15) is 0 Å². The third-order valence-electron chi connectivity index (χ3n) is 3.69. The Balaban J connectivity index is 1.94. The van der Waals surface area contributed by atoms with E-state index in [1.807, 2.05) is 54.3 Å². The molecule has 0 saturated heterocycles. The summed E-state index contributed by atoms with van der Waals surface area (Å²) in [6.07, 6.45) is 5.34. The van der Waals surface area contributed by atoms with Crippen LogP contribution >= 0.6 is 11.8 Å². The van der Waals surface area contributed by atoms with Crippen LogP contribution in [0, 0.1) is 0 Å². The summed E-state index contributed by atoms with van der Waals surface area (Å²) in [5.74, 6) is 0.745. The Labute approximate surface area is 137 Å². The maximum atomic E-state index is 6.07. The highest BCUT2D eigenvalue weighted by Crippen LogP contribution is 2.35. The third kappa shape index (κ3) is 2.31. The van der Waals surface area contributed by atoms with Gasteiger partial charge in [0.15, 0.2) is 11.3 Å². The second-order valence-electron chi connectivity index (χ2n) is 5.13. The van der Waals surface area contributed by atoms with Gasteiger partial charge in [0.05, 0.1) is 12.0 Å². The Morgan fingerprint density at radius 2 is 1.91 bits per heavy atom. The molecule has 0 unspecified atom stereocenters. The zero-order valence-electron chi connectivity index (χ0n) is 12.7.